The SMILES string of the molecule is COCC(C)C(O)Cc1ccc(F)c(Br)c1. The van der Waals surface area contributed by atoms with Gasteiger partial charge in [-0.3, -0.25) is 0 Å². The molecule has 90 valence electrons. The molecule has 0 fully saturated rings. The monoisotopic (exact) mass is 290 g/mol. The molecule has 0 aliphatic heterocycles. The number of ether oxygens (including phenoxy) is 1. The lowest BCUT2D eigenvalue weighted by molar-refractivity contribution is 0.0574. The van der Waals surface area contributed by atoms with Crippen LogP contribution in [-0.4, -0.2) is 24.9 Å². The number of hydrogen-bond donors (Lipinski definition) is 1. The quantitative estimate of drug-likeness (QED) is 0.904. The van der Waals surface area contributed by atoms with Crippen molar-refractivity contribution in [1.82, 2.24) is 0 Å². The first-order chi connectivity index (χ1) is 7.54. The summed E-state index contributed by atoms with van der Waals surface area (Å²) in [6.45, 7) is 2.44. The van der Waals surface area contributed by atoms with Crippen LogP contribution in [-0.2, 0) is 11.2 Å². The van der Waals surface area contributed by atoms with Crippen molar-refractivity contribution < 1.29 is 14.2 Å². The molecule has 0 saturated carbocycles. The molecule has 4 heteroatoms. The van der Waals surface area contributed by atoms with Crippen LogP contribution in [0.25, 0.3) is 0 Å². The van der Waals surface area contributed by atoms with E-state index in [0.29, 0.717) is 17.5 Å². The Labute approximate surface area is 104 Å². The van der Waals surface area contributed by atoms with Crippen LogP contribution in [0.15, 0.2) is 22.7 Å². The average molecular weight is 291 g/mol. The summed E-state index contributed by atoms with van der Waals surface area (Å²) in [5, 5.41) is 9.87. The Morgan fingerprint density at radius 3 is 2.75 bits per heavy atom. The molecule has 1 N–H and O–H groups in total. The Morgan fingerprint density at radius 1 is 1.50 bits per heavy atom. The van der Waals surface area contributed by atoms with Crippen LogP contribution in [0.4, 0.5) is 4.39 Å². The lowest BCUT2D eigenvalue weighted by Gasteiger charge is -2.18. The summed E-state index contributed by atoms with van der Waals surface area (Å²) in [6, 6.07) is 4.77. The fourth-order valence-corrected chi connectivity index (χ4v) is 1.91. The minimum absolute atomic E-state index is 0.0637. The van der Waals surface area contributed by atoms with E-state index >= 15 is 0 Å². The molecule has 1 aromatic carbocycles. The van der Waals surface area contributed by atoms with Crippen LogP contribution in [0.1, 0.15) is 12.5 Å². The Balaban J connectivity index is 2.62. The Kier molecular flexibility index (Phi) is 5.38. The van der Waals surface area contributed by atoms with E-state index in [4.69, 9.17) is 4.74 Å². The molecule has 0 radical (unpaired) electrons. The first kappa shape index (κ1) is 13.6. The van der Waals surface area contributed by atoms with Crippen molar-refractivity contribution in [3.63, 3.8) is 0 Å². The fourth-order valence-electron chi connectivity index (χ4n) is 1.48. The van der Waals surface area contributed by atoms with Gasteiger partial charge in [-0.15, -0.1) is 0 Å². The van der Waals surface area contributed by atoms with Crippen molar-refractivity contribution in [2.75, 3.05) is 13.7 Å². The van der Waals surface area contributed by atoms with Gasteiger partial charge in [0.2, 0.25) is 0 Å². The molecular weight excluding hydrogens is 275 g/mol. The molecule has 0 aliphatic carbocycles. The number of halogens is 2. The molecule has 0 spiro atoms. The van der Waals surface area contributed by atoms with Gasteiger partial charge in [0.1, 0.15) is 5.82 Å². The average Bonchev–Trinajstić information content (AvgIpc) is 2.24. The summed E-state index contributed by atoms with van der Waals surface area (Å²) in [6.07, 6.45) is 0.0287. The van der Waals surface area contributed by atoms with Gasteiger partial charge in [0.15, 0.2) is 0 Å². The molecule has 2 nitrogen and oxygen atoms in total. The lowest BCUT2D eigenvalue weighted by Crippen LogP contribution is -2.24. The highest BCUT2D eigenvalue weighted by atomic mass is 79.9. The Morgan fingerprint density at radius 2 is 2.19 bits per heavy atom. The molecule has 0 saturated heterocycles. The molecule has 0 aromatic heterocycles. The second-order valence-electron chi connectivity index (χ2n) is 3.95. The van der Waals surface area contributed by atoms with Crippen LogP contribution < -0.4 is 0 Å². The van der Waals surface area contributed by atoms with E-state index in [2.05, 4.69) is 15.9 Å². The summed E-state index contributed by atoms with van der Waals surface area (Å²) in [5.41, 5.74) is 0.906. The number of aliphatic hydroxyl groups is 1. The molecule has 16 heavy (non-hydrogen) atoms. The zero-order valence-corrected chi connectivity index (χ0v) is 11.0. The third kappa shape index (κ3) is 3.85. The van der Waals surface area contributed by atoms with Crippen LogP contribution >= 0.6 is 15.9 Å². The number of hydrogen-bond acceptors (Lipinski definition) is 2. The second-order valence-corrected chi connectivity index (χ2v) is 4.81. The highest BCUT2D eigenvalue weighted by Crippen LogP contribution is 2.19. The maximum Gasteiger partial charge on any atom is 0.137 e. The topological polar surface area (TPSA) is 29.5 Å². The highest BCUT2D eigenvalue weighted by molar-refractivity contribution is 9.10. The highest BCUT2D eigenvalue weighted by Gasteiger charge is 2.15. The van der Waals surface area contributed by atoms with E-state index in [9.17, 15) is 9.50 Å². The summed E-state index contributed by atoms with van der Waals surface area (Å²) >= 11 is 3.12. The molecule has 0 bridgehead atoms. The predicted molar refractivity (Wildman–Crippen MR) is 64.9 cm³/mol. The largest absolute Gasteiger partial charge is 0.392 e. The molecule has 2 atom stereocenters. The molecule has 0 amide bonds. The Bertz CT molecular complexity index is 344. The van der Waals surface area contributed by atoms with Gasteiger partial charge in [-0.1, -0.05) is 13.0 Å². The minimum Gasteiger partial charge on any atom is -0.392 e. The van der Waals surface area contributed by atoms with E-state index in [0.717, 1.165) is 5.56 Å². The molecule has 0 aliphatic rings. The summed E-state index contributed by atoms with van der Waals surface area (Å²) in [5.74, 6) is -0.225. The third-order valence-corrected chi connectivity index (χ3v) is 3.12. The van der Waals surface area contributed by atoms with E-state index < -0.39 is 6.10 Å². The number of benzene rings is 1. The van der Waals surface area contributed by atoms with Crippen molar-refractivity contribution in [1.29, 1.82) is 0 Å². The normalized spacial score (nSPS) is 14.8. The first-order valence-corrected chi connectivity index (χ1v) is 5.94. The Hall–Kier alpha value is -0.450. The zero-order chi connectivity index (χ0) is 12.1. The van der Waals surface area contributed by atoms with Crippen LogP contribution in [0, 0.1) is 11.7 Å². The van der Waals surface area contributed by atoms with Crippen molar-refractivity contribution in [3.05, 3.63) is 34.1 Å². The number of aliphatic hydroxyl groups excluding tert-OH is 1. The van der Waals surface area contributed by atoms with E-state index in [1.807, 2.05) is 6.92 Å². The van der Waals surface area contributed by atoms with Gasteiger partial charge < -0.3 is 9.84 Å². The van der Waals surface area contributed by atoms with Gasteiger partial charge in [0.05, 0.1) is 17.2 Å². The van der Waals surface area contributed by atoms with Gasteiger partial charge in [0.25, 0.3) is 0 Å². The third-order valence-electron chi connectivity index (χ3n) is 2.52. The van der Waals surface area contributed by atoms with Crippen LogP contribution in [0.2, 0.25) is 0 Å². The predicted octanol–water partition coefficient (Wildman–Crippen LogP) is 2.77. The van der Waals surface area contributed by atoms with Gasteiger partial charge in [-0.05, 0) is 40.0 Å². The summed E-state index contributed by atoms with van der Waals surface area (Å²) < 4.78 is 18.4. The maximum absolute atomic E-state index is 13.0. The van der Waals surface area contributed by atoms with Gasteiger partial charge in [-0.25, -0.2) is 4.39 Å². The minimum atomic E-state index is -0.475. The fraction of sp³-hybridized carbons (Fsp3) is 0.500. The summed E-state index contributed by atoms with van der Waals surface area (Å²) in [4.78, 5) is 0. The van der Waals surface area contributed by atoms with E-state index in [1.165, 1.54) is 6.07 Å². The van der Waals surface area contributed by atoms with Gasteiger partial charge >= 0.3 is 0 Å². The second kappa shape index (κ2) is 6.33. The van der Waals surface area contributed by atoms with Gasteiger partial charge in [0, 0.05) is 13.0 Å². The number of methoxy groups -OCH3 is 1. The van der Waals surface area contributed by atoms with Crippen molar-refractivity contribution in [2.45, 2.75) is 19.4 Å². The smallest absolute Gasteiger partial charge is 0.137 e. The summed E-state index contributed by atoms with van der Waals surface area (Å²) in [7, 11) is 1.61. The van der Waals surface area contributed by atoms with E-state index in [-0.39, 0.29) is 11.7 Å². The molecule has 2 unspecified atom stereocenters. The number of rotatable bonds is 5. The molecular formula is C12H16BrFO2. The van der Waals surface area contributed by atoms with Crippen LogP contribution in [0.3, 0.4) is 0 Å². The van der Waals surface area contributed by atoms with Crippen molar-refractivity contribution in [3.8, 4) is 0 Å². The first-order valence-electron chi connectivity index (χ1n) is 5.15. The van der Waals surface area contributed by atoms with Crippen LogP contribution in [0.5, 0.6) is 0 Å². The standard InChI is InChI=1S/C12H16BrFO2/c1-8(7-16-2)12(15)6-9-3-4-11(14)10(13)5-9/h3-5,8,12,15H,6-7H2,1-2H3. The lowest BCUT2D eigenvalue weighted by atomic mass is 9.98. The maximum atomic E-state index is 13.0. The van der Waals surface area contributed by atoms with Crippen molar-refractivity contribution in [2.24, 2.45) is 5.92 Å². The van der Waals surface area contributed by atoms with Crippen molar-refractivity contribution >= 4 is 15.9 Å². The van der Waals surface area contributed by atoms with E-state index in [1.54, 1.807) is 19.2 Å². The zero-order valence-electron chi connectivity index (χ0n) is 9.41. The van der Waals surface area contributed by atoms with Gasteiger partial charge in [-0.2, -0.15) is 0 Å². The molecule has 0 heterocycles. The molecule has 1 aromatic rings. The molecule has 1 rings (SSSR count).